The molecule has 82 valence electrons. The first kappa shape index (κ1) is 12.9. The van der Waals surface area contributed by atoms with E-state index in [-0.39, 0.29) is 25.0 Å². The van der Waals surface area contributed by atoms with Gasteiger partial charge in [-0.1, -0.05) is 6.92 Å². The van der Waals surface area contributed by atoms with Crippen LogP contribution < -0.4 is 0 Å². The Balaban J connectivity index is 3.80. The van der Waals surface area contributed by atoms with E-state index in [1.54, 1.807) is 0 Å². The molecule has 0 aromatic heterocycles. The van der Waals surface area contributed by atoms with Gasteiger partial charge in [0.1, 0.15) is 6.61 Å². The second kappa shape index (κ2) is 5.62. The number of hydrogen-bond acceptors (Lipinski definition) is 4. The Kier molecular flexibility index (Phi) is 5.20. The van der Waals surface area contributed by atoms with Crippen molar-refractivity contribution in [3.63, 3.8) is 0 Å². The van der Waals surface area contributed by atoms with Gasteiger partial charge in [0.15, 0.2) is 0 Å². The van der Waals surface area contributed by atoms with E-state index < -0.39 is 5.41 Å². The van der Waals surface area contributed by atoms with E-state index in [2.05, 4.69) is 4.74 Å². The molecule has 4 heteroatoms. The van der Waals surface area contributed by atoms with Crippen LogP contribution >= 0.6 is 0 Å². The Morgan fingerprint density at radius 2 is 1.86 bits per heavy atom. The highest BCUT2D eigenvalue weighted by molar-refractivity contribution is 5.76. The SMILES string of the molecule is CCC(C)(C)C(=O)OCCC(=O)OC. The molecule has 0 fully saturated rings. The molecule has 0 aliphatic heterocycles. The van der Waals surface area contributed by atoms with Crippen molar-refractivity contribution in [1.82, 2.24) is 0 Å². The summed E-state index contributed by atoms with van der Waals surface area (Å²) in [6.45, 7) is 5.64. The van der Waals surface area contributed by atoms with Gasteiger partial charge in [-0.25, -0.2) is 0 Å². The normalized spacial score (nSPS) is 10.9. The Labute approximate surface area is 84.6 Å². The maximum Gasteiger partial charge on any atom is 0.311 e. The van der Waals surface area contributed by atoms with E-state index in [1.165, 1.54) is 7.11 Å². The van der Waals surface area contributed by atoms with Crippen molar-refractivity contribution < 1.29 is 19.1 Å². The van der Waals surface area contributed by atoms with E-state index in [4.69, 9.17) is 4.74 Å². The van der Waals surface area contributed by atoms with E-state index in [0.29, 0.717) is 6.42 Å². The average Bonchev–Trinajstić information content (AvgIpc) is 2.17. The first-order chi connectivity index (χ1) is 6.44. The van der Waals surface area contributed by atoms with Gasteiger partial charge in [0.25, 0.3) is 0 Å². The number of methoxy groups -OCH3 is 1. The summed E-state index contributed by atoms with van der Waals surface area (Å²) in [5.74, 6) is -0.643. The molecular weight excluding hydrogens is 184 g/mol. The monoisotopic (exact) mass is 202 g/mol. The molecule has 0 atom stereocenters. The van der Waals surface area contributed by atoms with Crippen LogP contribution in [0.5, 0.6) is 0 Å². The Morgan fingerprint density at radius 1 is 1.29 bits per heavy atom. The molecule has 0 bridgehead atoms. The lowest BCUT2D eigenvalue weighted by Gasteiger charge is -2.19. The largest absolute Gasteiger partial charge is 0.469 e. The predicted octanol–water partition coefficient (Wildman–Crippen LogP) is 1.53. The minimum atomic E-state index is -0.476. The van der Waals surface area contributed by atoms with E-state index in [9.17, 15) is 9.59 Å². The highest BCUT2D eigenvalue weighted by atomic mass is 16.5. The summed E-state index contributed by atoms with van der Waals surface area (Å²) in [4.78, 5) is 22.1. The quantitative estimate of drug-likeness (QED) is 0.634. The topological polar surface area (TPSA) is 52.6 Å². The van der Waals surface area contributed by atoms with Crippen molar-refractivity contribution >= 4 is 11.9 Å². The molecule has 0 saturated carbocycles. The van der Waals surface area contributed by atoms with Crippen LogP contribution in [0.15, 0.2) is 0 Å². The van der Waals surface area contributed by atoms with Crippen LogP contribution in [0.2, 0.25) is 0 Å². The molecule has 4 nitrogen and oxygen atoms in total. The van der Waals surface area contributed by atoms with Crippen LogP contribution in [0, 0.1) is 5.41 Å². The summed E-state index contributed by atoms with van der Waals surface area (Å²) >= 11 is 0. The molecule has 0 amide bonds. The minimum absolute atomic E-state index is 0.0922. The molecule has 0 aromatic carbocycles. The number of rotatable bonds is 5. The highest BCUT2D eigenvalue weighted by Gasteiger charge is 2.26. The lowest BCUT2D eigenvalue weighted by Crippen LogP contribution is -2.26. The van der Waals surface area contributed by atoms with Crippen molar-refractivity contribution in [2.75, 3.05) is 13.7 Å². The zero-order valence-electron chi connectivity index (χ0n) is 9.25. The molecule has 0 spiro atoms. The number of hydrogen-bond donors (Lipinski definition) is 0. The zero-order chi connectivity index (χ0) is 11.2. The fourth-order valence-electron chi connectivity index (χ4n) is 0.669. The van der Waals surface area contributed by atoms with Gasteiger partial charge in [-0.15, -0.1) is 0 Å². The fraction of sp³-hybridized carbons (Fsp3) is 0.800. The summed E-state index contributed by atoms with van der Waals surface area (Å²) in [6, 6.07) is 0. The van der Waals surface area contributed by atoms with Crippen LogP contribution in [-0.2, 0) is 19.1 Å². The van der Waals surface area contributed by atoms with E-state index in [0.717, 1.165) is 0 Å². The molecule has 0 unspecified atom stereocenters. The lowest BCUT2D eigenvalue weighted by molar-refractivity contribution is -0.156. The van der Waals surface area contributed by atoms with Gasteiger partial charge in [0, 0.05) is 0 Å². The molecule has 0 radical (unpaired) electrons. The number of ether oxygens (including phenoxy) is 2. The summed E-state index contributed by atoms with van der Waals surface area (Å²) in [7, 11) is 1.31. The Hall–Kier alpha value is -1.06. The van der Waals surface area contributed by atoms with Crippen LogP contribution in [0.25, 0.3) is 0 Å². The third kappa shape index (κ3) is 4.25. The summed E-state index contributed by atoms with van der Waals surface area (Å²) in [6.07, 6.45) is 0.825. The smallest absolute Gasteiger partial charge is 0.311 e. The van der Waals surface area contributed by atoms with Crippen molar-refractivity contribution in [3.05, 3.63) is 0 Å². The van der Waals surface area contributed by atoms with Crippen molar-refractivity contribution in [3.8, 4) is 0 Å². The Morgan fingerprint density at radius 3 is 2.29 bits per heavy atom. The van der Waals surface area contributed by atoms with Crippen molar-refractivity contribution in [2.45, 2.75) is 33.6 Å². The van der Waals surface area contributed by atoms with Gasteiger partial charge >= 0.3 is 11.9 Å². The van der Waals surface area contributed by atoms with Gasteiger partial charge < -0.3 is 9.47 Å². The number of carbonyl (C=O) groups excluding carboxylic acids is 2. The predicted molar refractivity (Wildman–Crippen MR) is 51.7 cm³/mol. The fourth-order valence-corrected chi connectivity index (χ4v) is 0.669. The summed E-state index contributed by atoms with van der Waals surface area (Å²) in [5, 5.41) is 0. The second-order valence-corrected chi connectivity index (χ2v) is 3.70. The van der Waals surface area contributed by atoms with Crippen LogP contribution in [0.4, 0.5) is 0 Å². The van der Waals surface area contributed by atoms with E-state index in [1.807, 2.05) is 20.8 Å². The standard InChI is InChI=1S/C10H18O4/c1-5-10(2,3)9(12)14-7-6-8(11)13-4/h5-7H2,1-4H3. The minimum Gasteiger partial charge on any atom is -0.469 e. The molecule has 14 heavy (non-hydrogen) atoms. The number of carbonyl (C=O) groups is 2. The molecule has 0 saturated heterocycles. The molecule has 0 aromatic rings. The van der Waals surface area contributed by atoms with Gasteiger partial charge in [-0.3, -0.25) is 9.59 Å². The van der Waals surface area contributed by atoms with Crippen LogP contribution in [0.1, 0.15) is 33.6 Å². The third-order valence-corrected chi connectivity index (χ3v) is 2.20. The first-order valence-electron chi connectivity index (χ1n) is 4.68. The summed E-state index contributed by atoms with van der Waals surface area (Å²) in [5.41, 5.74) is -0.476. The molecular formula is C10H18O4. The van der Waals surface area contributed by atoms with Gasteiger partial charge in [0.2, 0.25) is 0 Å². The second-order valence-electron chi connectivity index (χ2n) is 3.70. The van der Waals surface area contributed by atoms with Crippen LogP contribution in [-0.4, -0.2) is 25.7 Å². The van der Waals surface area contributed by atoms with Gasteiger partial charge in [-0.2, -0.15) is 0 Å². The molecule has 0 heterocycles. The molecule has 0 aliphatic carbocycles. The Bertz CT molecular complexity index is 208. The highest BCUT2D eigenvalue weighted by Crippen LogP contribution is 2.21. The molecule has 0 aliphatic rings. The summed E-state index contributed by atoms with van der Waals surface area (Å²) < 4.78 is 9.34. The maximum absolute atomic E-state index is 11.4. The van der Waals surface area contributed by atoms with E-state index >= 15 is 0 Å². The maximum atomic E-state index is 11.4. The zero-order valence-corrected chi connectivity index (χ0v) is 9.25. The van der Waals surface area contributed by atoms with Crippen molar-refractivity contribution in [1.29, 1.82) is 0 Å². The van der Waals surface area contributed by atoms with Gasteiger partial charge in [-0.05, 0) is 20.3 Å². The first-order valence-corrected chi connectivity index (χ1v) is 4.68. The van der Waals surface area contributed by atoms with Crippen molar-refractivity contribution in [2.24, 2.45) is 5.41 Å². The third-order valence-electron chi connectivity index (χ3n) is 2.20. The average molecular weight is 202 g/mol. The van der Waals surface area contributed by atoms with Crippen LogP contribution in [0.3, 0.4) is 0 Å². The van der Waals surface area contributed by atoms with Gasteiger partial charge in [0.05, 0.1) is 18.9 Å². The lowest BCUT2D eigenvalue weighted by atomic mass is 9.91. The molecule has 0 rings (SSSR count). The molecule has 0 N–H and O–H groups in total. The number of esters is 2.